The van der Waals surface area contributed by atoms with Crippen molar-refractivity contribution in [3.63, 3.8) is 0 Å². The molecule has 0 N–H and O–H groups in total. The van der Waals surface area contributed by atoms with E-state index in [0.717, 1.165) is 31.0 Å². The Morgan fingerprint density at radius 2 is 1.93 bits per heavy atom. The number of carbonyl (C=O) groups excluding carboxylic acids is 2. The van der Waals surface area contributed by atoms with Crippen LogP contribution in [0.2, 0.25) is 5.02 Å². The van der Waals surface area contributed by atoms with E-state index in [0.29, 0.717) is 23.4 Å². The van der Waals surface area contributed by atoms with Gasteiger partial charge in [-0.15, -0.1) is 0 Å². The first kappa shape index (κ1) is 21.1. The van der Waals surface area contributed by atoms with Crippen molar-refractivity contribution >= 4 is 41.0 Å². The predicted octanol–water partition coefficient (Wildman–Crippen LogP) is 4.60. The molecule has 158 valence electrons. The van der Waals surface area contributed by atoms with Crippen LogP contribution < -0.4 is 4.90 Å². The first-order valence-electron chi connectivity index (χ1n) is 10.3. The normalized spacial score (nSPS) is 19.9. The smallest absolute Gasteiger partial charge is 0.325 e. The highest BCUT2D eigenvalue weighted by atomic mass is 35.5. The fourth-order valence-electron chi connectivity index (χ4n) is 4.09. The molecule has 4 rings (SSSR count). The second-order valence-corrected chi connectivity index (χ2v) is 9.47. The number of carbonyl (C=O) groups is 2. The maximum atomic E-state index is 12.9. The van der Waals surface area contributed by atoms with E-state index in [1.807, 2.05) is 28.8 Å². The van der Waals surface area contributed by atoms with Crippen LogP contribution in [0.4, 0.5) is 10.5 Å². The molecule has 2 heterocycles. The minimum atomic E-state index is -0.132. The summed E-state index contributed by atoms with van der Waals surface area (Å²) in [6.07, 6.45) is 0.934. The summed E-state index contributed by atoms with van der Waals surface area (Å²) in [7, 11) is 0. The van der Waals surface area contributed by atoms with Gasteiger partial charge in [-0.05, 0) is 42.7 Å². The Morgan fingerprint density at radius 1 is 1.10 bits per heavy atom. The monoisotopic (exact) mass is 443 g/mol. The summed E-state index contributed by atoms with van der Waals surface area (Å²) in [6, 6.07) is 15.6. The molecular weight excluding hydrogens is 418 g/mol. The van der Waals surface area contributed by atoms with Crippen molar-refractivity contribution in [2.45, 2.75) is 18.6 Å². The summed E-state index contributed by atoms with van der Waals surface area (Å²) >= 11 is 7.98. The van der Waals surface area contributed by atoms with E-state index >= 15 is 0 Å². The Balaban J connectivity index is 1.35. The summed E-state index contributed by atoms with van der Waals surface area (Å²) in [5.41, 5.74) is 3.44. The molecule has 2 aromatic rings. The van der Waals surface area contributed by atoms with Crippen LogP contribution in [0, 0.1) is 6.92 Å². The summed E-state index contributed by atoms with van der Waals surface area (Å²) in [5, 5.41) is 1.01. The quantitative estimate of drug-likeness (QED) is 0.693. The molecule has 2 aliphatic heterocycles. The van der Waals surface area contributed by atoms with E-state index < -0.39 is 0 Å². The molecule has 7 heteroatoms. The lowest BCUT2D eigenvalue weighted by molar-refractivity contribution is -0.131. The third kappa shape index (κ3) is 4.60. The number of amides is 3. The highest BCUT2D eigenvalue weighted by Crippen LogP contribution is 2.36. The minimum absolute atomic E-state index is 0.0299. The molecule has 2 aromatic carbocycles. The third-order valence-electron chi connectivity index (χ3n) is 5.77. The topological polar surface area (TPSA) is 43.9 Å². The van der Waals surface area contributed by atoms with Crippen LogP contribution in [-0.2, 0) is 4.79 Å². The van der Waals surface area contributed by atoms with E-state index in [9.17, 15) is 9.59 Å². The molecule has 1 atom stereocenters. The number of hydrogen-bond donors (Lipinski definition) is 0. The van der Waals surface area contributed by atoms with Gasteiger partial charge in [0, 0.05) is 47.9 Å². The average Bonchev–Trinajstić information content (AvgIpc) is 2.94. The maximum Gasteiger partial charge on any atom is 0.325 e. The lowest BCUT2D eigenvalue weighted by Crippen LogP contribution is -2.43. The standard InChI is InChI=1S/C23H26ClN3O2S/c1-17-5-2-3-8-20(17)21-9-10-25(13-14-30-21)22(28)16-26-11-12-27(23(26)29)19-7-4-6-18(24)15-19/h2-8,15,21H,9-14,16H2,1H3. The van der Waals surface area contributed by atoms with Gasteiger partial charge in [0.05, 0.1) is 0 Å². The van der Waals surface area contributed by atoms with Crippen molar-refractivity contribution in [3.05, 3.63) is 64.7 Å². The van der Waals surface area contributed by atoms with Crippen LogP contribution in [0.1, 0.15) is 22.8 Å². The summed E-state index contributed by atoms with van der Waals surface area (Å²) < 4.78 is 0. The zero-order valence-electron chi connectivity index (χ0n) is 17.1. The van der Waals surface area contributed by atoms with Gasteiger partial charge in [0.1, 0.15) is 6.54 Å². The van der Waals surface area contributed by atoms with Crippen molar-refractivity contribution < 1.29 is 9.59 Å². The zero-order valence-corrected chi connectivity index (χ0v) is 18.7. The molecule has 0 bridgehead atoms. The highest BCUT2D eigenvalue weighted by Gasteiger charge is 2.32. The Kier molecular flexibility index (Phi) is 6.54. The number of thioether (sulfide) groups is 1. The SMILES string of the molecule is Cc1ccccc1C1CCN(C(=O)CN2CCN(c3cccc(Cl)c3)C2=O)CCS1. The van der Waals surface area contributed by atoms with E-state index in [4.69, 9.17) is 11.6 Å². The van der Waals surface area contributed by atoms with Crippen molar-refractivity contribution in [1.82, 2.24) is 9.80 Å². The Morgan fingerprint density at radius 3 is 2.73 bits per heavy atom. The zero-order chi connectivity index (χ0) is 21.1. The molecule has 2 fully saturated rings. The first-order valence-corrected chi connectivity index (χ1v) is 11.7. The third-order valence-corrected chi connectivity index (χ3v) is 7.32. The molecule has 5 nitrogen and oxygen atoms in total. The van der Waals surface area contributed by atoms with Crippen molar-refractivity contribution in [2.75, 3.05) is 43.4 Å². The minimum Gasteiger partial charge on any atom is -0.340 e. The van der Waals surface area contributed by atoms with Gasteiger partial charge in [-0.1, -0.05) is 41.9 Å². The van der Waals surface area contributed by atoms with E-state index in [-0.39, 0.29) is 18.5 Å². The van der Waals surface area contributed by atoms with Gasteiger partial charge in [0.15, 0.2) is 0 Å². The Labute approximate surface area is 187 Å². The molecule has 2 saturated heterocycles. The van der Waals surface area contributed by atoms with Crippen LogP contribution >= 0.6 is 23.4 Å². The fraction of sp³-hybridized carbons (Fsp3) is 0.391. The van der Waals surface area contributed by atoms with Gasteiger partial charge in [-0.3, -0.25) is 9.69 Å². The van der Waals surface area contributed by atoms with Gasteiger partial charge in [0.2, 0.25) is 5.91 Å². The molecule has 30 heavy (non-hydrogen) atoms. The summed E-state index contributed by atoms with van der Waals surface area (Å²) in [5.74, 6) is 0.940. The lowest BCUT2D eigenvalue weighted by Gasteiger charge is -2.24. The van der Waals surface area contributed by atoms with Crippen LogP contribution in [0.3, 0.4) is 0 Å². The average molecular weight is 444 g/mol. The second-order valence-electron chi connectivity index (χ2n) is 7.72. The van der Waals surface area contributed by atoms with Crippen LogP contribution in [0.5, 0.6) is 0 Å². The highest BCUT2D eigenvalue weighted by molar-refractivity contribution is 7.99. The van der Waals surface area contributed by atoms with E-state index in [2.05, 4.69) is 31.2 Å². The van der Waals surface area contributed by atoms with Crippen molar-refractivity contribution in [3.8, 4) is 0 Å². The summed E-state index contributed by atoms with van der Waals surface area (Å²) in [6.45, 7) is 4.85. The molecule has 2 aliphatic rings. The van der Waals surface area contributed by atoms with Gasteiger partial charge < -0.3 is 9.80 Å². The fourth-order valence-corrected chi connectivity index (χ4v) is 5.60. The number of halogens is 1. The van der Waals surface area contributed by atoms with E-state index in [1.54, 1.807) is 21.9 Å². The van der Waals surface area contributed by atoms with Crippen LogP contribution in [-0.4, -0.2) is 60.2 Å². The molecule has 0 radical (unpaired) electrons. The molecule has 3 amide bonds. The number of rotatable bonds is 4. The van der Waals surface area contributed by atoms with Gasteiger partial charge in [0.25, 0.3) is 0 Å². The van der Waals surface area contributed by atoms with Crippen LogP contribution in [0.25, 0.3) is 0 Å². The molecule has 0 aromatic heterocycles. The number of hydrogen-bond acceptors (Lipinski definition) is 3. The maximum absolute atomic E-state index is 12.9. The first-order chi connectivity index (χ1) is 14.5. The molecule has 0 saturated carbocycles. The van der Waals surface area contributed by atoms with Gasteiger partial charge >= 0.3 is 6.03 Å². The Bertz CT molecular complexity index is 938. The second kappa shape index (κ2) is 9.31. The number of urea groups is 1. The number of anilines is 1. The van der Waals surface area contributed by atoms with Gasteiger partial charge in [-0.25, -0.2) is 4.79 Å². The van der Waals surface area contributed by atoms with Crippen molar-refractivity contribution in [1.29, 1.82) is 0 Å². The lowest BCUT2D eigenvalue weighted by atomic mass is 10.0. The Hall–Kier alpha value is -2.18. The van der Waals surface area contributed by atoms with Gasteiger partial charge in [-0.2, -0.15) is 11.8 Å². The van der Waals surface area contributed by atoms with E-state index in [1.165, 1.54) is 11.1 Å². The largest absolute Gasteiger partial charge is 0.340 e. The number of nitrogens with zero attached hydrogens (tertiary/aromatic N) is 3. The predicted molar refractivity (Wildman–Crippen MR) is 123 cm³/mol. The molecule has 0 spiro atoms. The number of aryl methyl sites for hydroxylation is 1. The molecular formula is C23H26ClN3O2S. The molecule has 0 aliphatic carbocycles. The van der Waals surface area contributed by atoms with Crippen LogP contribution in [0.15, 0.2) is 48.5 Å². The van der Waals surface area contributed by atoms with Crippen molar-refractivity contribution in [2.24, 2.45) is 0 Å². The molecule has 1 unspecified atom stereocenters. The number of benzene rings is 2. The summed E-state index contributed by atoms with van der Waals surface area (Å²) in [4.78, 5) is 31.0.